The lowest BCUT2D eigenvalue weighted by atomic mass is 9.84. The maximum Gasteiger partial charge on any atom is 0.146 e. The van der Waals surface area contributed by atoms with Crippen LogP contribution in [0, 0.1) is 0 Å². The van der Waals surface area contributed by atoms with Crippen LogP contribution >= 0.6 is 0 Å². The molecule has 0 saturated heterocycles. The first-order valence-corrected chi connectivity index (χ1v) is 8.06. The van der Waals surface area contributed by atoms with Gasteiger partial charge < -0.3 is 15.9 Å². The van der Waals surface area contributed by atoms with E-state index in [2.05, 4.69) is 10.2 Å². The Labute approximate surface area is 142 Å². The molecular weight excluding hydrogens is 302 g/mol. The van der Waals surface area contributed by atoms with E-state index in [1.807, 2.05) is 45.0 Å². The Kier molecular flexibility index (Phi) is 5.57. The Morgan fingerprint density at radius 3 is 2.33 bits per heavy atom. The molecule has 0 spiro atoms. The van der Waals surface area contributed by atoms with Gasteiger partial charge in [0.05, 0.1) is 5.69 Å². The van der Waals surface area contributed by atoms with E-state index in [4.69, 9.17) is 10.8 Å². The van der Waals surface area contributed by atoms with Crippen molar-refractivity contribution in [1.82, 2.24) is 0 Å². The molecule has 5 heteroatoms. The van der Waals surface area contributed by atoms with Crippen molar-refractivity contribution in [2.45, 2.75) is 39.0 Å². The number of nitrogens with zero attached hydrogens (tertiary/aromatic N) is 2. The van der Waals surface area contributed by atoms with E-state index in [1.54, 1.807) is 12.1 Å². The number of aromatic hydroxyl groups is 1. The van der Waals surface area contributed by atoms with Crippen LogP contribution in [-0.4, -0.2) is 16.8 Å². The van der Waals surface area contributed by atoms with Crippen molar-refractivity contribution in [2.24, 2.45) is 10.2 Å². The number of aliphatic hydroxyl groups is 1. The van der Waals surface area contributed by atoms with Gasteiger partial charge in [0.25, 0.3) is 0 Å². The third-order valence-electron chi connectivity index (χ3n) is 3.78. The van der Waals surface area contributed by atoms with Crippen molar-refractivity contribution in [3.8, 4) is 5.75 Å². The number of nitrogens with two attached hydrogens (primary N) is 1. The summed E-state index contributed by atoms with van der Waals surface area (Å²) in [4.78, 5) is 0. The van der Waals surface area contributed by atoms with E-state index in [0.29, 0.717) is 23.5 Å². The SMILES string of the molecule is CC(C)(C)c1cc(CCCO)cc(N=Nc2ccccc2N)c1O. The van der Waals surface area contributed by atoms with Gasteiger partial charge in [-0.15, -0.1) is 10.2 Å². The third kappa shape index (κ3) is 4.32. The van der Waals surface area contributed by atoms with Crippen LogP contribution in [-0.2, 0) is 11.8 Å². The quantitative estimate of drug-likeness (QED) is 0.553. The molecule has 0 radical (unpaired) electrons. The second-order valence-corrected chi connectivity index (χ2v) is 6.85. The fourth-order valence-electron chi connectivity index (χ4n) is 2.44. The highest BCUT2D eigenvalue weighted by Crippen LogP contribution is 2.40. The summed E-state index contributed by atoms with van der Waals surface area (Å²) in [7, 11) is 0. The van der Waals surface area contributed by atoms with Crippen molar-refractivity contribution >= 4 is 17.1 Å². The third-order valence-corrected chi connectivity index (χ3v) is 3.78. The molecule has 0 aromatic heterocycles. The lowest BCUT2D eigenvalue weighted by Gasteiger charge is -2.22. The molecule has 0 fully saturated rings. The molecule has 2 rings (SSSR count). The van der Waals surface area contributed by atoms with Crippen molar-refractivity contribution in [1.29, 1.82) is 0 Å². The van der Waals surface area contributed by atoms with Crippen LogP contribution in [0.2, 0.25) is 0 Å². The number of anilines is 1. The predicted octanol–water partition coefficient (Wildman–Crippen LogP) is 4.61. The van der Waals surface area contributed by atoms with Crippen LogP contribution in [0.3, 0.4) is 0 Å². The highest BCUT2D eigenvalue weighted by molar-refractivity contribution is 5.63. The summed E-state index contributed by atoms with van der Waals surface area (Å²) in [5.41, 5.74) is 8.99. The topological polar surface area (TPSA) is 91.2 Å². The minimum Gasteiger partial charge on any atom is -0.505 e. The Hall–Kier alpha value is -2.40. The molecule has 0 aliphatic rings. The van der Waals surface area contributed by atoms with Gasteiger partial charge in [-0.2, -0.15) is 0 Å². The van der Waals surface area contributed by atoms with Crippen molar-refractivity contribution < 1.29 is 10.2 Å². The molecule has 0 amide bonds. The number of phenols is 1. The Balaban J connectivity index is 2.46. The maximum absolute atomic E-state index is 10.6. The number of nitrogen functional groups attached to an aromatic ring is 1. The lowest BCUT2D eigenvalue weighted by molar-refractivity contribution is 0.288. The van der Waals surface area contributed by atoms with E-state index in [1.165, 1.54) is 0 Å². The number of hydrogen-bond acceptors (Lipinski definition) is 5. The minimum atomic E-state index is -0.227. The summed E-state index contributed by atoms with van der Waals surface area (Å²) in [5.74, 6) is 0.133. The normalized spacial score (nSPS) is 12.0. The number of azo groups is 1. The minimum absolute atomic E-state index is 0.128. The van der Waals surface area contributed by atoms with Gasteiger partial charge in [-0.3, -0.25) is 0 Å². The van der Waals surface area contributed by atoms with Gasteiger partial charge in [-0.25, -0.2) is 0 Å². The fourth-order valence-corrected chi connectivity index (χ4v) is 2.44. The van der Waals surface area contributed by atoms with Crippen molar-refractivity contribution in [3.05, 3.63) is 47.5 Å². The number of aliphatic hydroxyl groups excluding tert-OH is 1. The molecule has 4 N–H and O–H groups in total. The highest BCUT2D eigenvalue weighted by atomic mass is 16.3. The molecule has 24 heavy (non-hydrogen) atoms. The van der Waals surface area contributed by atoms with E-state index >= 15 is 0 Å². The number of para-hydroxylation sites is 1. The maximum atomic E-state index is 10.6. The monoisotopic (exact) mass is 327 g/mol. The first-order valence-electron chi connectivity index (χ1n) is 8.06. The second kappa shape index (κ2) is 7.45. The van der Waals surface area contributed by atoms with E-state index in [0.717, 1.165) is 17.5 Å². The number of aryl methyl sites for hydroxylation is 1. The number of benzene rings is 2. The summed E-state index contributed by atoms with van der Waals surface area (Å²) in [6.07, 6.45) is 1.38. The van der Waals surface area contributed by atoms with Crippen LogP contribution in [0.5, 0.6) is 5.75 Å². The Bertz CT molecular complexity index is 734. The number of hydrogen-bond donors (Lipinski definition) is 3. The van der Waals surface area contributed by atoms with Crippen LogP contribution in [0.15, 0.2) is 46.6 Å². The van der Waals surface area contributed by atoms with Gasteiger partial charge in [0.2, 0.25) is 0 Å². The summed E-state index contributed by atoms with van der Waals surface area (Å²) in [6.45, 7) is 6.24. The largest absolute Gasteiger partial charge is 0.505 e. The molecule has 0 bridgehead atoms. The highest BCUT2D eigenvalue weighted by Gasteiger charge is 2.21. The molecule has 0 saturated carbocycles. The van der Waals surface area contributed by atoms with Crippen LogP contribution in [0.4, 0.5) is 17.1 Å². The Morgan fingerprint density at radius 2 is 1.71 bits per heavy atom. The molecule has 0 aliphatic carbocycles. The summed E-state index contributed by atoms with van der Waals surface area (Å²) in [6, 6.07) is 11.0. The van der Waals surface area contributed by atoms with E-state index in [-0.39, 0.29) is 17.8 Å². The van der Waals surface area contributed by atoms with Crippen molar-refractivity contribution in [2.75, 3.05) is 12.3 Å². The first kappa shape index (κ1) is 17.9. The van der Waals surface area contributed by atoms with Crippen LogP contribution < -0.4 is 5.73 Å². The average Bonchev–Trinajstić information content (AvgIpc) is 2.52. The Morgan fingerprint density at radius 1 is 1.04 bits per heavy atom. The molecule has 5 nitrogen and oxygen atoms in total. The smallest absolute Gasteiger partial charge is 0.146 e. The summed E-state index contributed by atoms with van der Waals surface area (Å²) >= 11 is 0. The van der Waals surface area contributed by atoms with E-state index < -0.39 is 0 Å². The lowest BCUT2D eigenvalue weighted by Crippen LogP contribution is -2.12. The second-order valence-electron chi connectivity index (χ2n) is 6.85. The summed E-state index contributed by atoms with van der Waals surface area (Å²) in [5, 5.41) is 28.0. The van der Waals surface area contributed by atoms with Gasteiger partial charge >= 0.3 is 0 Å². The molecule has 0 unspecified atom stereocenters. The van der Waals surface area contributed by atoms with Gasteiger partial charge in [-0.05, 0) is 42.0 Å². The van der Waals surface area contributed by atoms with Gasteiger partial charge in [-0.1, -0.05) is 39.0 Å². The molecule has 0 aliphatic heterocycles. The van der Waals surface area contributed by atoms with Gasteiger partial charge in [0.15, 0.2) is 0 Å². The summed E-state index contributed by atoms with van der Waals surface area (Å²) < 4.78 is 0. The molecule has 128 valence electrons. The molecule has 2 aromatic rings. The standard InChI is InChI=1S/C19H25N3O2/c1-19(2,3)14-11-13(7-6-10-23)12-17(18(14)24)22-21-16-9-5-4-8-15(16)20/h4-5,8-9,11-12,23-24H,6-7,10,20H2,1-3H3. The molecule has 2 aromatic carbocycles. The fraction of sp³-hybridized carbons (Fsp3) is 0.368. The van der Waals surface area contributed by atoms with Crippen molar-refractivity contribution in [3.63, 3.8) is 0 Å². The number of rotatable bonds is 5. The predicted molar refractivity (Wildman–Crippen MR) is 97.2 cm³/mol. The number of phenolic OH excluding ortho intramolecular Hbond substituents is 1. The zero-order valence-corrected chi connectivity index (χ0v) is 14.5. The molecule has 0 heterocycles. The zero-order valence-electron chi connectivity index (χ0n) is 14.5. The average molecular weight is 327 g/mol. The van der Waals surface area contributed by atoms with Gasteiger partial charge in [0.1, 0.15) is 17.1 Å². The first-order chi connectivity index (χ1) is 11.3. The van der Waals surface area contributed by atoms with Crippen LogP contribution in [0.25, 0.3) is 0 Å². The molecular formula is C19H25N3O2. The van der Waals surface area contributed by atoms with Crippen LogP contribution in [0.1, 0.15) is 38.3 Å². The van der Waals surface area contributed by atoms with Gasteiger partial charge in [0, 0.05) is 12.2 Å². The van der Waals surface area contributed by atoms with E-state index in [9.17, 15) is 5.11 Å². The molecule has 0 atom stereocenters. The zero-order chi connectivity index (χ0) is 17.7.